The lowest BCUT2D eigenvalue weighted by atomic mass is 9.94. The van der Waals surface area contributed by atoms with Crippen LogP contribution in [-0.2, 0) is 9.59 Å². The highest BCUT2D eigenvalue weighted by atomic mass is 16.2. The molecule has 0 spiro atoms. The third-order valence-corrected chi connectivity index (χ3v) is 5.79. The first-order valence-electron chi connectivity index (χ1n) is 11.0. The van der Waals surface area contributed by atoms with Gasteiger partial charge in [0, 0.05) is 31.6 Å². The highest BCUT2D eigenvalue weighted by Crippen LogP contribution is 2.29. The molecule has 1 saturated heterocycles. The molecule has 7 heteroatoms. The Kier molecular flexibility index (Phi) is 6.30. The largest absolute Gasteiger partial charge is 0.341 e. The van der Waals surface area contributed by atoms with Crippen LogP contribution in [0.2, 0.25) is 0 Å². The summed E-state index contributed by atoms with van der Waals surface area (Å²) in [6.07, 6.45) is 4.03. The van der Waals surface area contributed by atoms with Gasteiger partial charge in [-0.3, -0.25) is 14.0 Å². The first-order chi connectivity index (χ1) is 15.0. The van der Waals surface area contributed by atoms with Crippen LogP contribution in [0.5, 0.6) is 0 Å². The Balaban J connectivity index is 1.46. The summed E-state index contributed by atoms with van der Waals surface area (Å²) in [5, 5.41) is 11.6. The van der Waals surface area contributed by atoms with Crippen molar-refractivity contribution in [1.82, 2.24) is 24.8 Å². The Morgan fingerprint density at radius 1 is 1.03 bits per heavy atom. The molecule has 1 aliphatic rings. The van der Waals surface area contributed by atoms with E-state index in [1.165, 1.54) is 0 Å². The summed E-state index contributed by atoms with van der Waals surface area (Å²) in [4.78, 5) is 27.7. The molecule has 1 N–H and O–H groups in total. The molecular weight excluding hydrogens is 390 g/mol. The Bertz CT molecular complexity index is 1040. The van der Waals surface area contributed by atoms with Crippen molar-refractivity contribution in [2.75, 3.05) is 13.1 Å². The van der Waals surface area contributed by atoms with Crippen molar-refractivity contribution in [1.29, 1.82) is 0 Å². The van der Waals surface area contributed by atoms with Gasteiger partial charge >= 0.3 is 0 Å². The van der Waals surface area contributed by atoms with Crippen molar-refractivity contribution >= 4 is 17.5 Å². The number of carbonyl (C=O) groups excluding carboxylic acids is 2. The predicted molar refractivity (Wildman–Crippen MR) is 118 cm³/mol. The van der Waals surface area contributed by atoms with E-state index < -0.39 is 6.04 Å². The van der Waals surface area contributed by atoms with Crippen molar-refractivity contribution in [3.8, 4) is 0 Å². The van der Waals surface area contributed by atoms with Crippen molar-refractivity contribution in [3.63, 3.8) is 0 Å². The second-order valence-corrected chi connectivity index (χ2v) is 8.60. The van der Waals surface area contributed by atoms with Gasteiger partial charge in [-0.25, -0.2) is 0 Å². The zero-order valence-electron chi connectivity index (χ0n) is 18.1. The Hall–Kier alpha value is -3.22. The Labute approximate surface area is 182 Å². The fourth-order valence-electron chi connectivity index (χ4n) is 4.20. The maximum absolute atomic E-state index is 13.4. The van der Waals surface area contributed by atoms with E-state index in [0.717, 1.165) is 29.9 Å². The van der Waals surface area contributed by atoms with E-state index in [9.17, 15) is 9.59 Å². The number of pyridine rings is 1. The van der Waals surface area contributed by atoms with Crippen LogP contribution in [0.3, 0.4) is 0 Å². The van der Waals surface area contributed by atoms with Crippen LogP contribution in [-0.4, -0.2) is 44.4 Å². The number of nitrogens with one attached hydrogen (secondary N) is 1. The molecule has 31 heavy (non-hydrogen) atoms. The predicted octanol–water partition coefficient (Wildman–Crippen LogP) is 3.34. The van der Waals surface area contributed by atoms with Crippen LogP contribution in [0.15, 0.2) is 54.7 Å². The molecule has 0 bridgehead atoms. The number of likely N-dealkylation sites (tertiary alicyclic amines) is 1. The standard InChI is InChI=1S/C24H29N5O2/c1-17(2)16-21(30)25-22(18-8-4-3-5-9-18)24(31)28-14-11-19(12-15-28)23-27-26-20-10-6-7-13-29(20)23/h3-10,13,17,19,22H,11-12,14-16H2,1-2H3,(H,25,30). The van der Waals surface area contributed by atoms with Crippen LogP contribution < -0.4 is 5.32 Å². The zero-order valence-corrected chi connectivity index (χ0v) is 18.1. The average molecular weight is 420 g/mol. The van der Waals surface area contributed by atoms with E-state index in [1.54, 1.807) is 0 Å². The van der Waals surface area contributed by atoms with Crippen LogP contribution in [0.25, 0.3) is 5.65 Å². The Morgan fingerprint density at radius 2 is 1.74 bits per heavy atom. The molecule has 1 aliphatic heterocycles. The lowest BCUT2D eigenvalue weighted by Gasteiger charge is -2.34. The maximum atomic E-state index is 13.4. The zero-order chi connectivity index (χ0) is 21.8. The number of rotatable bonds is 6. The summed E-state index contributed by atoms with van der Waals surface area (Å²) >= 11 is 0. The summed E-state index contributed by atoms with van der Waals surface area (Å²) in [5.74, 6) is 1.30. The van der Waals surface area contributed by atoms with Gasteiger partial charge < -0.3 is 10.2 Å². The van der Waals surface area contributed by atoms with Crippen molar-refractivity contribution in [2.45, 2.75) is 45.1 Å². The molecule has 1 unspecified atom stereocenters. The number of amides is 2. The topological polar surface area (TPSA) is 79.6 Å². The van der Waals surface area contributed by atoms with Gasteiger partial charge in [0.25, 0.3) is 0 Å². The molecule has 162 valence electrons. The minimum atomic E-state index is -0.655. The van der Waals surface area contributed by atoms with Gasteiger partial charge in [-0.2, -0.15) is 0 Å². The molecule has 7 nitrogen and oxygen atoms in total. The van der Waals surface area contributed by atoms with Gasteiger partial charge in [0.1, 0.15) is 11.9 Å². The summed E-state index contributed by atoms with van der Waals surface area (Å²) in [6, 6.07) is 14.7. The van der Waals surface area contributed by atoms with Crippen LogP contribution in [0.1, 0.15) is 56.5 Å². The number of fused-ring (bicyclic) bond motifs is 1. The van der Waals surface area contributed by atoms with Gasteiger partial charge in [0.15, 0.2) is 5.65 Å². The van der Waals surface area contributed by atoms with Crippen LogP contribution in [0.4, 0.5) is 0 Å². The van der Waals surface area contributed by atoms with Crippen molar-refractivity contribution < 1.29 is 9.59 Å². The van der Waals surface area contributed by atoms with Crippen LogP contribution >= 0.6 is 0 Å². The molecule has 1 fully saturated rings. The van der Waals surface area contributed by atoms with Crippen molar-refractivity contribution in [3.05, 3.63) is 66.1 Å². The van der Waals surface area contributed by atoms with E-state index in [1.807, 2.05) is 77.9 Å². The number of piperidine rings is 1. The highest BCUT2D eigenvalue weighted by molar-refractivity contribution is 5.88. The van der Waals surface area contributed by atoms with E-state index in [4.69, 9.17) is 0 Å². The average Bonchev–Trinajstić information content (AvgIpc) is 3.21. The summed E-state index contributed by atoms with van der Waals surface area (Å²) < 4.78 is 2.03. The third kappa shape index (κ3) is 4.76. The van der Waals surface area contributed by atoms with Gasteiger partial charge in [-0.1, -0.05) is 50.2 Å². The normalized spacial score (nSPS) is 15.9. The monoisotopic (exact) mass is 419 g/mol. The molecule has 1 atom stereocenters. The lowest BCUT2D eigenvalue weighted by Crippen LogP contribution is -2.46. The molecule has 2 aromatic heterocycles. The maximum Gasteiger partial charge on any atom is 0.249 e. The minimum absolute atomic E-state index is 0.0483. The molecule has 2 amide bonds. The number of aromatic nitrogens is 3. The lowest BCUT2D eigenvalue weighted by molar-refractivity contribution is -0.137. The van der Waals surface area contributed by atoms with Gasteiger partial charge in [0.05, 0.1) is 0 Å². The second kappa shape index (κ2) is 9.29. The molecule has 3 heterocycles. The number of hydrogen-bond acceptors (Lipinski definition) is 4. The quantitative estimate of drug-likeness (QED) is 0.665. The van der Waals surface area contributed by atoms with E-state index in [2.05, 4.69) is 15.5 Å². The van der Waals surface area contributed by atoms with E-state index in [-0.39, 0.29) is 23.7 Å². The summed E-state index contributed by atoms with van der Waals surface area (Å²) in [5.41, 5.74) is 1.66. The molecule has 0 aliphatic carbocycles. The van der Waals surface area contributed by atoms with Gasteiger partial charge in [0.2, 0.25) is 11.8 Å². The number of benzene rings is 1. The fourth-order valence-corrected chi connectivity index (χ4v) is 4.20. The third-order valence-electron chi connectivity index (χ3n) is 5.79. The number of nitrogens with zero attached hydrogens (tertiary/aromatic N) is 4. The Morgan fingerprint density at radius 3 is 2.45 bits per heavy atom. The van der Waals surface area contributed by atoms with E-state index in [0.29, 0.717) is 19.5 Å². The van der Waals surface area contributed by atoms with Crippen molar-refractivity contribution in [2.24, 2.45) is 5.92 Å². The first kappa shape index (κ1) is 21.0. The second-order valence-electron chi connectivity index (χ2n) is 8.60. The summed E-state index contributed by atoms with van der Waals surface area (Å²) in [6.45, 7) is 5.26. The molecule has 3 aromatic rings. The van der Waals surface area contributed by atoms with Gasteiger partial charge in [-0.15, -0.1) is 10.2 Å². The van der Waals surface area contributed by atoms with Gasteiger partial charge in [-0.05, 0) is 36.5 Å². The highest BCUT2D eigenvalue weighted by Gasteiger charge is 2.32. The smallest absolute Gasteiger partial charge is 0.249 e. The number of hydrogen-bond donors (Lipinski definition) is 1. The summed E-state index contributed by atoms with van der Waals surface area (Å²) in [7, 11) is 0. The minimum Gasteiger partial charge on any atom is -0.341 e. The van der Waals surface area contributed by atoms with Crippen LogP contribution in [0, 0.1) is 5.92 Å². The van der Waals surface area contributed by atoms with E-state index >= 15 is 0 Å². The SMILES string of the molecule is CC(C)CC(=O)NC(C(=O)N1CCC(c2nnc3ccccn23)CC1)c1ccccc1. The fraction of sp³-hybridized carbons (Fsp3) is 0.417. The molecular formula is C24H29N5O2. The first-order valence-corrected chi connectivity index (χ1v) is 11.0. The molecule has 1 aromatic carbocycles. The number of carbonyl (C=O) groups is 2. The molecule has 4 rings (SSSR count). The molecule has 0 saturated carbocycles. The molecule has 0 radical (unpaired) electrons.